The Labute approximate surface area is 183 Å². The minimum Gasteiger partial charge on any atom is -0.453 e. The predicted octanol–water partition coefficient (Wildman–Crippen LogP) is 3.52. The van der Waals surface area contributed by atoms with Gasteiger partial charge in [-0.05, 0) is 39.0 Å². The number of benzene rings is 1. The molecule has 0 amide bonds. The molecule has 0 bridgehead atoms. The van der Waals surface area contributed by atoms with E-state index in [1.54, 1.807) is 50.6 Å². The van der Waals surface area contributed by atoms with Crippen LogP contribution in [0.3, 0.4) is 0 Å². The van der Waals surface area contributed by atoms with Gasteiger partial charge in [-0.15, -0.1) is 0 Å². The van der Waals surface area contributed by atoms with Gasteiger partial charge in [-0.1, -0.05) is 18.2 Å². The second-order valence-corrected chi connectivity index (χ2v) is 9.07. The molecule has 2 atom stereocenters. The van der Waals surface area contributed by atoms with Gasteiger partial charge in [-0.3, -0.25) is 4.21 Å². The van der Waals surface area contributed by atoms with E-state index in [9.17, 15) is 9.00 Å². The first-order valence-electron chi connectivity index (χ1n) is 9.74. The van der Waals surface area contributed by atoms with Crippen molar-refractivity contribution < 1.29 is 18.5 Å². The van der Waals surface area contributed by atoms with E-state index in [-0.39, 0.29) is 5.16 Å². The van der Waals surface area contributed by atoms with Crippen LogP contribution in [-0.2, 0) is 20.3 Å². The lowest BCUT2D eigenvalue weighted by atomic mass is 10.1. The Balaban J connectivity index is 2.00. The average Bonchev–Trinajstić information content (AvgIpc) is 2.73. The number of methoxy groups -OCH3 is 1. The standard InChI is InChI=1S/C22H26N4O4S/c1-14(30-20(27)15-9-7-6-8-10-15)17-11-16-12-23-21(31(5)28)25-18(16)19(24-17)26-22(2,3)13-29-4/h6-12,14H,13H2,1-5H3,(H,24,26)/t14-,31?/m1/s1. The Morgan fingerprint density at radius 2 is 1.94 bits per heavy atom. The number of anilines is 1. The van der Waals surface area contributed by atoms with E-state index in [1.807, 2.05) is 19.9 Å². The molecule has 3 aromatic rings. The van der Waals surface area contributed by atoms with Crippen LogP contribution in [0.1, 0.15) is 42.9 Å². The first-order valence-corrected chi connectivity index (χ1v) is 11.3. The molecular formula is C22H26N4O4S. The van der Waals surface area contributed by atoms with Crippen LogP contribution in [0.5, 0.6) is 0 Å². The molecule has 0 saturated heterocycles. The summed E-state index contributed by atoms with van der Waals surface area (Å²) in [6.45, 7) is 6.12. The fourth-order valence-corrected chi connectivity index (χ4v) is 3.48. The summed E-state index contributed by atoms with van der Waals surface area (Å²) < 4.78 is 22.8. The maximum Gasteiger partial charge on any atom is 0.338 e. The number of nitrogens with zero attached hydrogens (tertiary/aromatic N) is 3. The largest absolute Gasteiger partial charge is 0.453 e. The molecule has 1 N–H and O–H groups in total. The van der Waals surface area contributed by atoms with Crippen molar-refractivity contribution in [3.05, 3.63) is 53.9 Å². The quantitative estimate of drug-likeness (QED) is 0.417. The third-order valence-electron chi connectivity index (χ3n) is 4.49. The molecule has 164 valence electrons. The Bertz CT molecular complexity index is 1110. The number of carbonyl (C=O) groups is 1. The molecule has 0 radical (unpaired) electrons. The van der Waals surface area contributed by atoms with Gasteiger partial charge >= 0.3 is 5.97 Å². The highest BCUT2D eigenvalue weighted by molar-refractivity contribution is 7.84. The third kappa shape index (κ3) is 5.62. The van der Waals surface area contributed by atoms with Crippen molar-refractivity contribution >= 4 is 33.5 Å². The number of pyridine rings is 1. The summed E-state index contributed by atoms with van der Waals surface area (Å²) in [5, 5.41) is 4.26. The van der Waals surface area contributed by atoms with Gasteiger partial charge in [0.05, 0.1) is 34.2 Å². The number of nitrogens with one attached hydrogen (secondary N) is 1. The van der Waals surface area contributed by atoms with Crippen LogP contribution in [-0.4, -0.2) is 50.6 Å². The molecule has 1 aromatic carbocycles. The van der Waals surface area contributed by atoms with Crippen LogP contribution in [0.4, 0.5) is 5.82 Å². The highest BCUT2D eigenvalue weighted by Crippen LogP contribution is 2.28. The van der Waals surface area contributed by atoms with Crippen molar-refractivity contribution in [1.29, 1.82) is 0 Å². The van der Waals surface area contributed by atoms with E-state index in [4.69, 9.17) is 9.47 Å². The van der Waals surface area contributed by atoms with Crippen molar-refractivity contribution in [2.24, 2.45) is 0 Å². The Morgan fingerprint density at radius 1 is 1.23 bits per heavy atom. The maximum absolute atomic E-state index is 12.5. The molecule has 0 spiro atoms. The second-order valence-electron chi connectivity index (χ2n) is 7.80. The van der Waals surface area contributed by atoms with Gasteiger partial charge in [0, 0.05) is 24.9 Å². The van der Waals surface area contributed by atoms with Crippen molar-refractivity contribution in [1.82, 2.24) is 15.0 Å². The van der Waals surface area contributed by atoms with Crippen LogP contribution in [0.2, 0.25) is 0 Å². The highest BCUT2D eigenvalue weighted by Gasteiger charge is 2.23. The van der Waals surface area contributed by atoms with Crippen LogP contribution in [0.25, 0.3) is 10.9 Å². The molecule has 2 aromatic heterocycles. The second kappa shape index (κ2) is 9.49. The predicted molar refractivity (Wildman–Crippen MR) is 120 cm³/mol. The lowest BCUT2D eigenvalue weighted by Crippen LogP contribution is -2.36. The third-order valence-corrected chi connectivity index (χ3v) is 5.20. The van der Waals surface area contributed by atoms with Gasteiger partial charge in [0.1, 0.15) is 11.6 Å². The minimum absolute atomic E-state index is 0.221. The minimum atomic E-state index is -1.33. The van der Waals surface area contributed by atoms with Gasteiger partial charge in [-0.25, -0.2) is 19.7 Å². The number of ether oxygens (including phenoxy) is 2. The SMILES string of the molecule is COCC(C)(C)Nc1nc([C@@H](C)OC(=O)c2ccccc2)cc2cnc(S(C)=O)nc12. The lowest BCUT2D eigenvalue weighted by molar-refractivity contribution is 0.0329. The molecule has 31 heavy (non-hydrogen) atoms. The lowest BCUT2D eigenvalue weighted by Gasteiger charge is -2.27. The molecule has 8 nitrogen and oxygen atoms in total. The van der Waals surface area contributed by atoms with Crippen LogP contribution in [0.15, 0.2) is 47.8 Å². The van der Waals surface area contributed by atoms with E-state index in [0.29, 0.717) is 34.6 Å². The number of aromatic nitrogens is 3. The monoisotopic (exact) mass is 442 g/mol. The fourth-order valence-electron chi connectivity index (χ4n) is 3.06. The summed E-state index contributed by atoms with van der Waals surface area (Å²) in [6, 6.07) is 10.6. The zero-order valence-corrected chi connectivity index (χ0v) is 19.0. The number of fused-ring (bicyclic) bond motifs is 1. The van der Waals surface area contributed by atoms with Crippen molar-refractivity contribution in [2.75, 3.05) is 25.3 Å². The molecule has 1 unspecified atom stereocenters. The van der Waals surface area contributed by atoms with E-state index in [2.05, 4.69) is 20.3 Å². The van der Waals surface area contributed by atoms with Crippen LogP contribution >= 0.6 is 0 Å². The molecule has 0 aliphatic rings. The van der Waals surface area contributed by atoms with Crippen LogP contribution in [0, 0.1) is 0 Å². The first kappa shape index (κ1) is 22.8. The molecular weight excluding hydrogens is 416 g/mol. The Morgan fingerprint density at radius 3 is 2.58 bits per heavy atom. The number of rotatable bonds is 8. The zero-order valence-electron chi connectivity index (χ0n) is 18.2. The van der Waals surface area contributed by atoms with Gasteiger partial charge in [0.15, 0.2) is 5.82 Å². The average molecular weight is 443 g/mol. The first-order chi connectivity index (χ1) is 14.7. The number of carbonyl (C=O) groups excluding carboxylic acids is 1. The summed E-state index contributed by atoms with van der Waals surface area (Å²) in [5.41, 5.74) is 1.09. The van der Waals surface area contributed by atoms with E-state index < -0.39 is 28.4 Å². The number of hydrogen-bond acceptors (Lipinski definition) is 8. The fraction of sp³-hybridized carbons (Fsp3) is 0.364. The number of hydrogen-bond donors (Lipinski definition) is 1. The summed E-state index contributed by atoms with van der Waals surface area (Å²) in [4.78, 5) is 25.8. The molecule has 0 saturated carbocycles. The smallest absolute Gasteiger partial charge is 0.338 e. The topological polar surface area (TPSA) is 103 Å². The molecule has 2 heterocycles. The van der Waals surface area contributed by atoms with Crippen molar-refractivity contribution in [2.45, 2.75) is 37.6 Å². The summed E-state index contributed by atoms with van der Waals surface area (Å²) in [5.74, 6) is 0.0449. The molecule has 0 fully saturated rings. The zero-order chi connectivity index (χ0) is 22.6. The molecule has 0 aliphatic carbocycles. The summed E-state index contributed by atoms with van der Waals surface area (Å²) in [7, 11) is 0.287. The Hall–Kier alpha value is -2.91. The summed E-state index contributed by atoms with van der Waals surface area (Å²) in [6.07, 6.45) is 2.52. The van der Waals surface area contributed by atoms with E-state index in [1.165, 1.54) is 6.26 Å². The van der Waals surface area contributed by atoms with E-state index >= 15 is 0 Å². The summed E-state index contributed by atoms with van der Waals surface area (Å²) >= 11 is 0. The number of esters is 1. The molecule has 0 aliphatic heterocycles. The van der Waals surface area contributed by atoms with Crippen molar-refractivity contribution in [3.8, 4) is 0 Å². The van der Waals surface area contributed by atoms with Gasteiger partial charge in [0.2, 0.25) is 5.16 Å². The Kier molecular flexibility index (Phi) is 6.97. The maximum atomic E-state index is 12.5. The van der Waals surface area contributed by atoms with Crippen molar-refractivity contribution in [3.63, 3.8) is 0 Å². The van der Waals surface area contributed by atoms with Gasteiger partial charge in [0.25, 0.3) is 0 Å². The van der Waals surface area contributed by atoms with Gasteiger partial charge < -0.3 is 14.8 Å². The van der Waals surface area contributed by atoms with E-state index in [0.717, 1.165) is 0 Å². The van der Waals surface area contributed by atoms with Gasteiger partial charge in [-0.2, -0.15) is 0 Å². The van der Waals surface area contributed by atoms with Crippen LogP contribution < -0.4 is 5.32 Å². The normalized spacial score (nSPS) is 13.6. The highest BCUT2D eigenvalue weighted by atomic mass is 32.2. The molecule has 9 heteroatoms. The molecule has 3 rings (SSSR count).